The molecule has 1 aromatic heterocycles. The quantitative estimate of drug-likeness (QED) is 0.914. The topological polar surface area (TPSA) is 35.8 Å². The lowest BCUT2D eigenvalue weighted by atomic mass is 10.1. The predicted molar refractivity (Wildman–Crippen MR) is 78.4 cm³/mol. The Bertz CT molecular complexity index is 554. The first-order valence-corrected chi connectivity index (χ1v) is 7.32. The second-order valence-electron chi connectivity index (χ2n) is 4.07. The molecule has 1 N–H and O–H groups in total. The average Bonchev–Trinajstić information content (AvgIpc) is 2.85. The third kappa shape index (κ3) is 3.42. The molecule has 0 saturated heterocycles. The molecule has 4 heteroatoms. The van der Waals surface area contributed by atoms with E-state index >= 15 is 0 Å². The first-order chi connectivity index (χ1) is 8.69. The van der Waals surface area contributed by atoms with E-state index in [0.29, 0.717) is 6.04 Å². The molecule has 0 unspecified atom stereocenters. The highest BCUT2D eigenvalue weighted by atomic mass is 79.9. The molecular weight excluding hydrogens is 308 g/mol. The van der Waals surface area contributed by atoms with Gasteiger partial charge >= 0.3 is 0 Å². The van der Waals surface area contributed by atoms with Crippen LogP contribution in [0.2, 0.25) is 0 Å². The first-order valence-electron chi connectivity index (χ1n) is 5.65. The van der Waals surface area contributed by atoms with Crippen molar-refractivity contribution in [3.63, 3.8) is 0 Å². The summed E-state index contributed by atoms with van der Waals surface area (Å²) in [5, 5.41) is 14.1. The number of rotatable bonds is 4. The third-order valence-corrected chi connectivity index (χ3v) is 4.20. The lowest BCUT2D eigenvalue weighted by Crippen LogP contribution is -2.17. The van der Waals surface area contributed by atoms with Crippen LogP contribution < -0.4 is 5.32 Å². The van der Waals surface area contributed by atoms with Crippen LogP contribution in [0.15, 0.2) is 40.2 Å². The van der Waals surface area contributed by atoms with E-state index < -0.39 is 0 Å². The smallest absolute Gasteiger partial charge is 0.100 e. The fraction of sp³-hybridized carbons (Fsp3) is 0.214. The van der Waals surface area contributed by atoms with Crippen LogP contribution in [0, 0.1) is 11.3 Å². The van der Waals surface area contributed by atoms with Crippen molar-refractivity contribution in [3.8, 4) is 6.07 Å². The largest absolute Gasteiger partial charge is 0.305 e. The van der Waals surface area contributed by atoms with Crippen LogP contribution in [0.5, 0.6) is 0 Å². The maximum atomic E-state index is 8.76. The van der Waals surface area contributed by atoms with Gasteiger partial charge < -0.3 is 5.32 Å². The molecule has 0 aliphatic rings. The summed E-state index contributed by atoms with van der Waals surface area (Å²) in [4.78, 5) is 1.19. The average molecular weight is 321 g/mol. The van der Waals surface area contributed by atoms with Crippen LogP contribution in [-0.2, 0) is 6.54 Å². The van der Waals surface area contributed by atoms with Crippen molar-refractivity contribution >= 4 is 27.3 Å². The van der Waals surface area contributed by atoms with Gasteiger partial charge in [-0.2, -0.15) is 5.26 Å². The number of nitrogens with one attached hydrogen (secondary N) is 1. The number of halogens is 1. The normalized spacial score (nSPS) is 12.1. The molecule has 2 nitrogen and oxygen atoms in total. The predicted octanol–water partition coefficient (Wildman–Crippen LogP) is 4.23. The molecule has 1 aromatic carbocycles. The molecule has 2 rings (SSSR count). The van der Waals surface area contributed by atoms with E-state index in [1.807, 2.05) is 23.6 Å². The molecule has 0 aliphatic carbocycles. The molecule has 2 aromatic rings. The molecule has 0 fully saturated rings. The van der Waals surface area contributed by atoms with E-state index in [-0.39, 0.29) is 0 Å². The van der Waals surface area contributed by atoms with Gasteiger partial charge in [-0.3, -0.25) is 0 Å². The number of nitrogens with zero attached hydrogens (tertiary/aromatic N) is 1. The summed E-state index contributed by atoms with van der Waals surface area (Å²) in [6.07, 6.45) is 0. The van der Waals surface area contributed by atoms with Crippen molar-refractivity contribution in [1.29, 1.82) is 5.26 Å². The highest BCUT2D eigenvalue weighted by Gasteiger charge is 2.05. The monoisotopic (exact) mass is 320 g/mol. The summed E-state index contributed by atoms with van der Waals surface area (Å²) in [5.41, 5.74) is 2.00. The number of hydrogen-bond acceptors (Lipinski definition) is 3. The maximum absolute atomic E-state index is 8.76. The maximum Gasteiger partial charge on any atom is 0.100 e. The Hall–Kier alpha value is -1.15. The van der Waals surface area contributed by atoms with Crippen molar-refractivity contribution < 1.29 is 0 Å². The molecular formula is C14H13BrN2S. The zero-order chi connectivity index (χ0) is 13.0. The van der Waals surface area contributed by atoms with E-state index in [1.54, 1.807) is 11.3 Å². The minimum absolute atomic E-state index is 0.297. The Labute approximate surface area is 119 Å². The van der Waals surface area contributed by atoms with Crippen molar-refractivity contribution in [1.82, 2.24) is 5.32 Å². The zero-order valence-electron chi connectivity index (χ0n) is 9.98. The minimum atomic E-state index is 0.297. The van der Waals surface area contributed by atoms with Crippen molar-refractivity contribution in [2.75, 3.05) is 0 Å². The highest BCUT2D eigenvalue weighted by Crippen LogP contribution is 2.18. The SMILES string of the molecule is C[C@@H](NCc1cc(C#N)cs1)c1ccc(Br)cc1. The Morgan fingerprint density at radius 2 is 2.11 bits per heavy atom. The van der Waals surface area contributed by atoms with Gasteiger partial charge in [-0.05, 0) is 30.7 Å². The summed E-state index contributed by atoms with van der Waals surface area (Å²) in [7, 11) is 0. The Balaban J connectivity index is 1.94. The van der Waals surface area contributed by atoms with Crippen LogP contribution in [0.4, 0.5) is 0 Å². The van der Waals surface area contributed by atoms with Crippen LogP contribution in [-0.4, -0.2) is 0 Å². The molecule has 1 atom stereocenters. The molecule has 0 bridgehead atoms. The van der Waals surface area contributed by atoms with Gasteiger partial charge in [0.2, 0.25) is 0 Å². The van der Waals surface area contributed by atoms with E-state index in [2.05, 4.69) is 46.4 Å². The highest BCUT2D eigenvalue weighted by molar-refractivity contribution is 9.10. The number of thiophene rings is 1. The number of hydrogen-bond donors (Lipinski definition) is 1. The van der Waals surface area contributed by atoms with Crippen LogP contribution in [0.25, 0.3) is 0 Å². The van der Waals surface area contributed by atoms with Gasteiger partial charge in [-0.15, -0.1) is 11.3 Å². The Morgan fingerprint density at radius 1 is 1.39 bits per heavy atom. The van der Waals surface area contributed by atoms with E-state index in [4.69, 9.17) is 5.26 Å². The zero-order valence-corrected chi connectivity index (χ0v) is 12.4. The van der Waals surface area contributed by atoms with Crippen molar-refractivity contribution in [2.45, 2.75) is 19.5 Å². The van der Waals surface area contributed by atoms with Crippen molar-refractivity contribution in [2.24, 2.45) is 0 Å². The van der Waals surface area contributed by atoms with Crippen LogP contribution in [0.1, 0.15) is 29.0 Å². The lowest BCUT2D eigenvalue weighted by molar-refractivity contribution is 0.579. The summed E-state index contributed by atoms with van der Waals surface area (Å²) in [6.45, 7) is 2.94. The summed E-state index contributed by atoms with van der Waals surface area (Å²) < 4.78 is 1.09. The Morgan fingerprint density at radius 3 is 2.72 bits per heavy atom. The second-order valence-corrected chi connectivity index (χ2v) is 5.98. The minimum Gasteiger partial charge on any atom is -0.305 e. The second kappa shape index (κ2) is 6.14. The third-order valence-electron chi connectivity index (χ3n) is 2.74. The van der Waals surface area contributed by atoms with Gasteiger partial charge in [0.05, 0.1) is 5.56 Å². The van der Waals surface area contributed by atoms with E-state index in [9.17, 15) is 0 Å². The first kappa shape index (κ1) is 13.3. The molecule has 92 valence electrons. The molecule has 0 radical (unpaired) electrons. The fourth-order valence-electron chi connectivity index (χ4n) is 1.65. The van der Waals surface area contributed by atoms with Crippen LogP contribution >= 0.6 is 27.3 Å². The van der Waals surface area contributed by atoms with E-state index in [0.717, 1.165) is 16.6 Å². The molecule has 18 heavy (non-hydrogen) atoms. The number of benzene rings is 1. The van der Waals surface area contributed by atoms with Crippen molar-refractivity contribution in [3.05, 3.63) is 56.2 Å². The van der Waals surface area contributed by atoms with Gasteiger partial charge in [0, 0.05) is 27.3 Å². The van der Waals surface area contributed by atoms with Gasteiger partial charge in [0.1, 0.15) is 6.07 Å². The molecule has 0 spiro atoms. The fourth-order valence-corrected chi connectivity index (χ4v) is 2.68. The molecule has 0 amide bonds. The van der Waals surface area contributed by atoms with Gasteiger partial charge in [0.15, 0.2) is 0 Å². The summed E-state index contributed by atoms with van der Waals surface area (Å²) >= 11 is 5.05. The number of nitriles is 1. The van der Waals surface area contributed by atoms with Gasteiger partial charge in [-0.25, -0.2) is 0 Å². The van der Waals surface area contributed by atoms with Gasteiger partial charge in [0.25, 0.3) is 0 Å². The summed E-state index contributed by atoms with van der Waals surface area (Å²) in [5.74, 6) is 0. The van der Waals surface area contributed by atoms with Gasteiger partial charge in [-0.1, -0.05) is 28.1 Å². The summed E-state index contributed by atoms with van der Waals surface area (Å²) in [6, 6.07) is 12.7. The Kier molecular flexibility index (Phi) is 4.54. The molecule has 1 heterocycles. The van der Waals surface area contributed by atoms with E-state index in [1.165, 1.54) is 10.4 Å². The standard InChI is InChI=1S/C14H13BrN2S/c1-10(12-2-4-13(15)5-3-12)17-8-14-6-11(7-16)9-18-14/h2-6,9-10,17H,8H2,1H3/t10-/m1/s1. The van der Waals surface area contributed by atoms with Crippen LogP contribution in [0.3, 0.4) is 0 Å². The molecule has 0 saturated carbocycles. The molecule has 0 aliphatic heterocycles. The lowest BCUT2D eigenvalue weighted by Gasteiger charge is -2.13.